The summed E-state index contributed by atoms with van der Waals surface area (Å²) in [5.41, 5.74) is 0.174. The zero-order valence-corrected chi connectivity index (χ0v) is 7.17. The fourth-order valence-corrected chi connectivity index (χ4v) is 1.38. The van der Waals surface area contributed by atoms with E-state index in [4.69, 9.17) is 0 Å². The summed E-state index contributed by atoms with van der Waals surface area (Å²) in [5.74, 6) is 0.211. The zero-order valence-electron chi connectivity index (χ0n) is 6.35. The van der Waals surface area contributed by atoms with Gasteiger partial charge in [0.25, 0.3) is 0 Å². The summed E-state index contributed by atoms with van der Waals surface area (Å²) in [6.07, 6.45) is 2.96. The van der Waals surface area contributed by atoms with Crippen molar-refractivity contribution < 1.29 is 4.79 Å². The van der Waals surface area contributed by atoms with Gasteiger partial charge in [0.05, 0.1) is 5.54 Å². The Balaban J connectivity index is 0.000000605. The predicted molar refractivity (Wildman–Crippen MR) is 44.8 cm³/mol. The molecule has 2 rings (SSSR count). The molecule has 0 aromatic heterocycles. The summed E-state index contributed by atoms with van der Waals surface area (Å²) in [5, 5.41) is 6.27. The van der Waals surface area contributed by atoms with Gasteiger partial charge in [-0.1, -0.05) is 0 Å². The van der Waals surface area contributed by atoms with Gasteiger partial charge in [-0.2, -0.15) is 0 Å². The molecule has 1 spiro atoms. The van der Waals surface area contributed by atoms with Crippen molar-refractivity contribution in [2.45, 2.75) is 24.8 Å². The Morgan fingerprint density at radius 1 is 1.36 bits per heavy atom. The number of halogens is 1. The summed E-state index contributed by atoms with van der Waals surface area (Å²) in [4.78, 5) is 11.0. The molecule has 1 aliphatic carbocycles. The fourth-order valence-electron chi connectivity index (χ4n) is 1.38. The van der Waals surface area contributed by atoms with Crippen LogP contribution in [0.5, 0.6) is 0 Å². The number of hydrogen-bond acceptors (Lipinski definition) is 2. The van der Waals surface area contributed by atoms with E-state index in [9.17, 15) is 4.79 Å². The van der Waals surface area contributed by atoms with E-state index in [0.29, 0.717) is 6.42 Å². The second-order valence-corrected chi connectivity index (χ2v) is 3.26. The molecule has 2 fully saturated rings. The molecule has 0 unspecified atom stereocenters. The van der Waals surface area contributed by atoms with Crippen molar-refractivity contribution in [1.82, 2.24) is 10.6 Å². The minimum Gasteiger partial charge on any atom is -0.349 e. The number of carbonyl (C=O) groups excluding carboxylic acids is 1. The van der Waals surface area contributed by atoms with Crippen molar-refractivity contribution in [3.05, 3.63) is 0 Å². The molecule has 1 aliphatic heterocycles. The van der Waals surface area contributed by atoms with E-state index in [1.807, 2.05) is 0 Å². The van der Waals surface area contributed by atoms with E-state index in [1.54, 1.807) is 0 Å². The summed E-state index contributed by atoms with van der Waals surface area (Å²) in [7, 11) is 0. The van der Waals surface area contributed by atoms with Gasteiger partial charge in [-0.15, -0.1) is 12.4 Å². The number of amides is 1. The second-order valence-electron chi connectivity index (χ2n) is 3.26. The minimum absolute atomic E-state index is 0. The minimum atomic E-state index is 0. The van der Waals surface area contributed by atoms with Crippen molar-refractivity contribution in [3.63, 3.8) is 0 Å². The number of carbonyl (C=O) groups is 1. The van der Waals surface area contributed by atoms with Crippen molar-refractivity contribution in [3.8, 4) is 0 Å². The van der Waals surface area contributed by atoms with Crippen molar-refractivity contribution in [1.29, 1.82) is 0 Å². The molecule has 1 heterocycles. The van der Waals surface area contributed by atoms with Gasteiger partial charge in [0.2, 0.25) is 5.91 Å². The molecule has 0 aromatic carbocycles. The van der Waals surface area contributed by atoms with E-state index in [0.717, 1.165) is 25.9 Å². The molecular formula is C7H13ClN2O. The van der Waals surface area contributed by atoms with Gasteiger partial charge < -0.3 is 10.6 Å². The molecule has 0 radical (unpaired) electrons. The lowest BCUT2D eigenvalue weighted by molar-refractivity contribution is -0.121. The Labute approximate surface area is 72.3 Å². The van der Waals surface area contributed by atoms with Crippen LogP contribution in [0.2, 0.25) is 0 Å². The second kappa shape index (κ2) is 2.99. The largest absolute Gasteiger partial charge is 0.349 e. The van der Waals surface area contributed by atoms with Crippen molar-refractivity contribution in [2.75, 3.05) is 13.1 Å². The predicted octanol–water partition coefficient (Wildman–Crippen LogP) is 0.0503. The highest BCUT2D eigenvalue weighted by Gasteiger charge is 2.44. The van der Waals surface area contributed by atoms with Gasteiger partial charge in [-0.25, -0.2) is 0 Å². The standard InChI is InChI=1S/C7H12N2O.ClH/c10-6-1-4-8-5-7(9-6)2-3-7;/h8H,1-5H2,(H,9,10);1H. The molecule has 2 N–H and O–H groups in total. The van der Waals surface area contributed by atoms with E-state index in [2.05, 4.69) is 10.6 Å². The van der Waals surface area contributed by atoms with E-state index < -0.39 is 0 Å². The first kappa shape index (κ1) is 8.81. The highest BCUT2D eigenvalue weighted by molar-refractivity contribution is 5.85. The molecule has 0 bridgehead atoms. The molecular weight excluding hydrogens is 164 g/mol. The van der Waals surface area contributed by atoms with Crippen LogP contribution in [0.1, 0.15) is 19.3 Å². The molecule has 1 saturated carbocycles. The quantitative estimate of drug-likeness (QED) is 0.548. The zero-order chi connectivity index (χ0) is 7.03. The van der Waals surface area contributed by atoms with Crippen LogP contribution < -0.4 is 10.6 Å². The lowest BCUT2D eigenvalue weighted by atomic mass is 10.3. The van der Waals surface area contributed by atoms with Crippen LogP contribution in [0, 0.1) is 0 Å². The van der Waals surface area contributed by atoms with Crippen LogP contribution >= 0.6 is 12.4 Å². The molecule has 4 heteroatoms. The Hall–Kier alpha value is -0.280. The lowest BCUT2D eigenvalue weighted by Gasteiger charge is -2.12. The molecule has 1 saturated heterocycles. The Morgan fingerprint density at radius 3 is 2.73 bits per heavy atom. The highest BCUT2D eigenvalue weighted by atomic mass is 35.5. The third-order valence-electron chi connectivity index (χ3n) is 2.25. The van der Waals surface area contributed by atoms with Crippen LogP contribution in [0.25, 0.3) is 0 Å². The summed E-state index contributed by atoms with van der Waals surface area (Å²) in [6, 6.07) is 0. The van der Waals surface area contributed by atoms with E-state index in [-0.39, 0.29) is 23.9 Å². The lowest BCUT2D eigenvalue weighted by Crippen LogP contribution is -2.39. The number of hydrogen-bond donors (Lipinski definition) is 2. The Kier molecular flexibility index (Phi) is 2.40. The van der Waals surface area contributed by atoms with Crippen LogP contribution in [0.4, 0.5) is 0 Å². The Morgan fingerprint density at radius 2 is 2.09 bits per heavy atom. The molecule has 3 nitrogen and oxygen atoms in total. The molecule has 0 atom stereocenters. The third kappa shape index (κ3) is 1.84. The SMILES string of the molecule is Cl.O=C1CCNCC2(CC2)N1. The molecule has 2 aliphatic rings. The van der Waals surface area contributed by atoms with Crippen molar-refractivity contribution in [2.24, 2.45) is 0 Å². The molecule has 11 heavy (non-hydrogen) atoms. The smallest absolute Gasteiger partial charge is 0.221 e. The average molecular weight is 177 g/mol. The average Bonchev–Trinajstić information content (AvgIpc) is 2.64. The van der Waals surface area contributed by atoms with Crippen LogP contribution in [0.15, 0.2) is 0 Å². The van der Waals surface area contributed by atoms with Gasteiger partial charge in [0, 0.05) is 19.5 Å². The van der Waals surface area contributed by atoms with Crippen LogP contribution in [-0.2, 0) is 4.79 Å². The Bertz CT molecular complexity index is 168. The molecule has 1 amide bonds. The monoisotopic (exact) mass is 176 g/mol. The summed E-state index contributed by atoms with van der Waals surface area (Å²) >= 11 is 0. The van der Waals surface area contributed by atoms with Gasteiger partial charge in [-0.3, -0.25) is 4.79 Å². The maximum atomic E-state index is 11.0. The van der Waals surface area contributed by atoms with Gasteiger partial charge in [-0.05, 0) is 12.8 Å². The fraction of sp³-hybridized carbons (Fsp3) is 0.857. The number of rotatable bonds is 0. The highest BCUT2D eigenvalue weighted by Crippen LogP contribution is 2.35. The first-order valence-electron chi connectivity index (χ1n) is 3.83. The van der Waals surface area contributed by atoms with Crippen molar-refractivity contribution >= 4 is 18.3 Å². The summed E-state index contributed by atoms with van der Waals surface area (Å²) in [6.45, 7) is 1.81. The van der Waals surface area contributed by atoms with Gasteiger partial charge in [0.15, 0.2) is 0 Å². The first-order chi connectivity index (χ1) is 4.81. The number of nitrogens with one attached hydrogen (secondary N) is 2. The first-order valence-corrected chi connectivity index (χ1v) is 3.83. The molecule has 0 aromatic rings. The molecule has 64 valence electrons. The topological polar surface area (TPSA) is 41.1 Å². The van der Waals surface area contributed by atoms with Crippen LogP contribution in [0.3, 0.4) is 0 Å². The maximum absolute atomic E-state index is 11.0. The normalized spacial score (nSPS) is 26.7. The maximum Gasteiger partial charge on any atom is 0.221 e. The third-order valence-corrected chi connectivity index (χ3v) is 2.25. The van der Waals surface area contributed by atoms with E-state index in [1.165, 1.54) is 0 Å². The summed E-state index contributed by atoms with van der Waals surface area (Å²) < 4.78 is 0. The van der Waals surface area contributed by atoms with Gasteiger partial charge in [0.1, 0.15) is 0 Å². The van der Waals surface area contributed by atoms with Gasteiger partial charge >= 0.3 is 0 Å². The van der Waals surface area contributed by atoms with E-state index >= 15 is 0 Å². The van der Waals surface area contributed by atoms with Crippen LogP contribution in [-0.4, -0.2) is 24.5 Å².